The molecule has 1 aromatic rings. The van der Waals surface area contributed by atoms with Gasteiger partial charge in [0, 0.05) is 22.0 Å². The molecule has 1 N–H and O–H groups in total. The van der Waals surface area contributed by atoms with Crippen LogP contribution in [0, 0.1) is 6.92 Å². The molecule has 0 saturated carbocycles. The maximum absolute atomic E-state index is 12.0. The summed E-state index contributed by atoms with van der Waals surface area (Å²) in [5.41, 5.74) is 1.53. The number of hydrogen-bond donors (Lipinski definition) is 1. The second-order valence-electron chi connectivity index (χ2n) is 4.35. The van der Waals surface area contributed by atoms with Gasteiger partial charge in [0.25, 0.3) is 5.91 Å². The summed E-state index contributed by atoms with van der Waals surface area (Å²) in [6.07, 6.45) is 0.750. The number of halogens is 2. The number of nitrogens with one attached hydrogen (secondary N) is 1. The van der Waals surface area contributed by atoms with Crippen LogP contribution < -0.4 is 5.32 Å². The molecular weight excluding hydrogens is 257 g/mol. The van der Waals surface area contributed by atoms with Crippen LogP contribution in [0.1, 0.15) is 36.2 Å². The maximum atomic E-state index is 12.0. The van der Waals surface area contributed by atoms with Crippen molar-refractivity contribution in [1.29, 1.82) is 0 Å². The summed E-state index contributed by atoms with van der Waals surface area (Å²) in [6.45, 7) is 5.73. The molecule has 1 rings (SSSR count). The smallest absolute Gasteiger partial charge is 0.251 e. The molecule has 1 aromatic carbocycles. The van der Waals surface area contributed by atoms with Gasteiger partial charge in [0.2, 0.25) is 0 Å². The number of carbonyl (C=O) groups excluding carboxylic acids is 1. The Morgan fingerprint density at radius 1 is 1.41 bits per heavy atom. The van der Waals surface area contributed by atoms with Gasteiger partial charge in [0.1, 0.15) is 0 Å². The predicted octanol–water partition coefficient (Wildman–Crippen LogP) is 3.78. The summed E-state index contributed by atoms with van der Waals surface area (Å²) in [5.74, 6) is -0.0796. The lowest BCUT2D eigenvalue weighted by molar-refractivity contribution is 0.0938. The Morgan fingerprint density at radius 2 is 2.06 bits per heavy atom. The summed E-state index contributed by atoms with van der Waals surface area (Å²) in [5, 5.41) is 3.61. The van der Waals surface area contributed by atoms with Crippen molar-refractivity contribution in [3.05, 3.63) is 34.3 Å². The second-order valence-corrected chi connectivity index (χ2v) is 5.53. The van der Waals surface area contributed by atoms with E-state index in [0.29, 0.717) is 10.6 Å². The third kappa shape index (κ3) is 4.57. The number of rotatable bonds is 4. The van der Waals surface area contributed by atoms with E-state index < -0.39 is 0 Å². The Hall–Kier alpha value is -0.730. The highest BCUT2D eigenvalue weighted by molar-refractivity contribution is 6.30. The van der Waals surface area contributed by atoms with Gasteiger partial charge in [0.05, 0.1) is 0 Å². The summed E-state index contributed by atoms with van der Waals surface area (Å²) in [4.78, 5) is 12.0. The summed E-state index contributed by atoms with van der Waals surface area (Å²) < 4.78 is 0. The van der Waals surface area contributed by atoms with Crippen LogP contribution in [-0.4, -0.2) is 17.3 Å². The zero-order chi connectivity index (χ0) is 13.0. The van der Waals surface area contributed by atoms with Crippen molar-refractivity contribution in [2.24, 2.45) is 0 Å². The zero-order valence-corrected chi connectivity index (χ0v) is 11.8. The molecule has 0 spiro atoms. The van der Waals surface area contributed by atoms with Crippen molar-refractivity contribution < 1.29 is 4.79 Å². The molecule has 4 heteroatoms. The number of carbonyl (C=O) groups is 1. The largest absolute Gasteiger partial charge is 0.350 e. The van der Waals surface area contributed by atoms with Gasteiger partial charge in [-0.15, -0.1) is 11.6 Å². The first-order valence-corrected chi connectivity index (χ1v) is 6.42. The molecule has 0 fully saturated rings. The van der Waals surface area contributed by atoms with Crippen LogP contribution in [0.5, 0.6) is 0 Å². The van der Waals surface area contributed by atoms with Gasteiger partial charge in [-0.2, -0.15) is 0 Å². The van der Waals surface area contributed by atoms with Crippen LogP contribution in [0.4, 0.5) is 0 Å². The summed E-state index contributed by atoms with van der Waals surface area (Å²) in [6, 6.07) is 5.30. The lowest BCUT2D eigenvalue weighted by Gasteiger charge is -2.16. The van der Waals surface area contributed by atoms with E-state index in [-0.39, 0.29) is 17.3 Å². The van der Waals surface area contributed by atoms with Gasteiger partial charge in [-0.3, -0.25) is 4.79 Å². The van der Waals surface area contributed by atoms with Gasteiger partial charge in [-0.1, -0.05) is 11.6 Å². The number of hydrogen-bond acceptors (Lipinski definition) is 1. The summed E-state index contributed by atoms with van der Waals surface area (Å²) in [7, 11) is 0. The molecule has 2 unspecified atom stereocenters. The highest BCUT2D eigenvalue weighted by Gasteiger charge is 2.13. The monoisotopic (exact) mass is 273 g/mol. The molecule has 0 aromatic heterocycles. The molecule has 0 aliphatic carbocycles. The van der Waals surface area contributed by atoms with Crippen LogP contribution in [0.15, 0.2) is 18.2 Å². The Bertz CT molecular complexity index is 404. The molecule has 17 heavy (non-hydrogen) atoms. The van der Waals surface area contributed by atoms with Gasteiger partial charge in [-0.25, -0.2) is 0 Å². The Morgan fingerprint density at radius 3 is 2.59 bits per heavy atom. The first-order chi connectivity index (χ1) is 7.90. The van der Waals surface area contributed by atoms with Crippen LogP contribution in [0.3, 0.4) is 0 Å². The van der Waals surface area contributed by atoms with Crippen molar-refractivity contribution in [3.63, 3.8) is 0 Å². The first kappa shape index (κ1) is 14.3. The molecule has 0 bridgehead atoms. The van der Waals surface area contributed by atoms with Gasteiger partial charge in [-0.05, 0) is 51.0 Å². The van der Waals surface area contributed by atoms with E-state index in [1.807, 2.05) is 20.8 Å². The van der Waals surface area contributed by atoms with Gasteiger partial charge < -0.3 is 5.32 Å². The molecular formula is C13H17Cl2NO. The fourth-order valence-electron chi connectivity index (χ4n) is 1.73. The minimum absolute atomic E-state index is 0.0524. The van der Waals surface area contributed by atoms with E-state index in [1.165, 1.54) is 0 Å². The molecule has 0 saturated heterocycles. The quantitative estimate of drug-likeness (QED) is 0.832. The fourth-order valence-corrected chi connectivity index (χ4v) is 2.22. The van der Waals surface area contributed by atoms with E-state index in [4.69, 9.17) is 23.2 Å². The molecule has 2 nitrogen and oxygen atoms in total. The summed E-state index contributed by atoms with van der Waals surface area (Å²) >= 11 is 11.7. The van der Waals surface area contributed by atoms with E-state index in [1.54, 1.807) is 18.2 Å². The first-order valence-electron chi connectivity index (χ1n) is 5.61. The van der Waals surface area contributed by atoms with Crippen LogP contribution in [0.25, 0.3) is 0 Å². The van der Waals surface area contributed by atoms with Crippen LogP contribution >= 0.6 is 23.2 Å². The molecule has 0 aliphatic heterocycles. The van der Waals surface area contributed by atoms with Gasteiger partial charge in [0.15, 0.2) is 0 Å². The maximum Gasteiger partial charge on any atom is 0.251 e. The molecule has 0 aliphatic rings. The van der Waals surface area contributed by atoms with E-state index >= 15 is 0 Å². The number of aryl methyl sites for hydroxylation is 1. The predicted molar refractivity (Wildman–Crippen MR) is 73.0 cm³/mol. The molecule has 1 amide bonds. The number of alkyl halides is 1. The molecule has 0 radical (unpaired) electrons. The third-order valence-electron chi connectivity index (χ3n) is 2.49. The second kappa shape index (κ2) is 6.27. The highest BCUT2D eigenvalue weighted by Crippen LogP contribution is 2.15. The third-order valence-corrected chi connectivity index (χ3v) is 2.90. The standard InChI is InChI=1S/C13H17Cl2NO/c1-8-6-11(15)4-5-12(8)13(17)16-10(3)7-9(2)14/h4-6,9-10H,7H2,1-3H3,(H,16,17). The molecule has 0 heterocycles. The normalized spacial score (nSPS) is 14.2. The Balaban J connectivity index is 2.70. The average Bonchev–Trinajstić information content (AvgIpc) is 2.15. The number of amides is 1. The minimum atomic E-state index is -0.0796. The lowest BCUT2D eigenvalue weighted by Crippen LogP contribution is -2.34. The average molecular weight is 274 g/mol. The zero-order valence-electron chi connectivity index (χ0n) is 10.3. The SMILES string of the molecule is Cc1cc(Cl)ccc1C(=O)NC(C)CC(C)Cl. The van der Waals surface area contributed by atoms with Gasteiger partial charge >= 0.3 is 0 Å². The van der Waals surface area contributed by atoms with Crippen molar-refractivity contribution in [2.75, 3.05) is 0 Å². The highest BCUT2D eigenvalue weighted by atomic mass is 35.5. The van der Waals surface area contributed by atoms with Crippen molar-refractivity contribution >= 4 is 29.1 Å². The van der Waals surface area contributed by atoms with E-state index in [0.717, 1.165) is 12.0 Å². The van der Waals surface area contributed by atoms with Crippen molar-refractivity contribution in [2.45, 2.75) is 38.6 Å². The molecule has 2 atom stereocenters. The molecule has 94 valence electrons. The Kier molecular flexibility index (Phi) is 5.29. The van der Waals surface area contributed by atoms with E-state index in [9.17, 15) is 4.79 Å². The van der Waals surface area contributed by atoms with Crippen molar-refractivity contribution in [1.82, 2.24) is 5.32 Å². The fraction of sp³-hybridized carbons (Fsp3) is 0.462. The topological polar surface area (TPSA) is 29.1 Å². The van der Waals surface area contributed by atoms with Crippen molar-refractivity contribution in [3.8, 4) is 0 Å². The van der Waals surface area contributed by atoms with Crippen LogP contribution in [0.2, 0.25) is 5.02 Å². The van der Waals surface area contributed by atoms with E-state index in [2.05, 4.69) is 5.32 Å². The van der Waals surface area contributed by atoms with Crippen LogP contribution in [-0.2, 0) is 0 Å². The minimum Gasteiger partial charge on any atom is -0.350 e. The Labute approximate surface area is 112 Å². The number of benzene rings is 1. The lowest BCUT2D eigenvalue weighted by atomic mass is 10.1.